The third-order valence-electron chi connectivity index (χ3n) is 2.86. The zero-order valence-electron chi connectivity index (χ0n) is 12.3. The quantitative estimate of drug-likeness (QED) is 0.821. The highest BCUT2D eigenvalue weighted by Crippen LogP contribution is 2.22. The van der Waals surface area contributed by atoms with Crippen LogP contribution in [0.2, 0.25) is 10.0 Å². The van der Waals surface area contributed by atoms with Crippen LogP contribution in [-0.4, -0.2) is 29.0 Å². The Balaban J connectivity index is 1.83. The molecule has 0 unspecified atom stereocenters. The minimum absolute atomic E-state index is 0.199. The number of aryl methyl sites for hydroxylation is 2. The molecule has 2 N–H and O–H groups in total. The van der Waals surface area contributed by atoms with Gasteiger partial charge in [0.2, 0.25) is 0 Å². The van der Waals surface area contributed by atoms with Gasteiger partial charge in [-0.15, -0.1) is 0 Å². The summed E-state index contributed by atoms with van der Waals surface area (Å²) < 4.78 is 0. The molecule has 0 bridgehead atoms. The van der Waals surface area contributed by atoms with Crippen LogP contribution in [0.5, 0.6) is 0 Å². The number of carbonyl (C=O) groups excluding carboxylic acids is 1. The van der Waals surface area contributed by atoms with Crippen LogP contribution in [-0.2, 0) is 0 Å². The van der Waals surface area contributed by atoms with Crippen molar-refractivity contribution >= 4 is 34.9 Å². The summed E-state index contributed by atoms with van der Waals surface area (Å²) in [6.07, 6.45) is 0. The molecule has 2 aromatic rings. The van der Waals surface area contributed by atoms with Gasteiger partial charge in [-0.1, -0.05) is 23.2 Å². The topological polar surface area (TPSA) is 66.9 Å². The lowest BCUT2D eigenvalue weighted by Crippen LogP contribution is -2.28. The van der Waals surface area contributed by atoms with E-state index in [1.54, 1.807) is 18.2 Å². The van der Waals surface area contributed by atoms with Crippen molar-refractivity contribution < 1.29 is 4.79 Å². The number of anilines is 1. The van der Waals surface area contributed by atoms with Crippen LogP contribution in [0.15, 0.2) is 24.3 Å². The average Bonchev–Trinajstić information content (AvgIpc) is 2.45. The second-order valence-corrected chi connectivity index (χ2v) is 5.57. The number of aromatic nitrogens is 2. The highest BCUT2D eigenvalue weighted by atomic mass is 35.5. The maximum absolute atomic E-state index is 12.0. The molecule has 116 valence electrons. The lowest BCUT2D eigenvalue weighted by molar-refractivity contribution is 0.0955. The van der Waals surface area contributed by atoms with E-state index in [0.717, 1.165) is 11.5 Å². The van der Waals surface area contributed by atoms with E-state index in [1.165, 1.54) is 0 Å². The normalized spacial score (nSPS) is 10.4. The van der Waals surface area contributed by atoms with Gasteiger partial charge < -0.3 is 10.6 Å². The molecule has 1 amide bonds. The van der Waals surface area contributed by atoms with E-state index < -0.39 is 0 Å². The molecule has 0 aliphatic rings. The van der Waals surface area contributed by atoms with Gasteiger partial charge in [-0.05, 0) is 32.0 Å². The molecule has 1 heterocycles. The zero-order chi connectivity index (χ0) is 16.1. The summed E-state index contributed by atoms with van der Waals surface area (Å²) in [5.74, 6) is 1.26. The summed E-state index contributed by atoms with van der Waals surface area (Å²) in [6.45, 7) is 4.76. The number of hydrogen-bond donors (Lipinski definition) is 2. The molecule has 0 radical (unpaired) electrons. The minimum atomic E-state index is -0.199. The molecule has 0 fully saturated rings. The summed E-state index contributed by atoms with van der Waals surface area (Å²) >= 11 is 11.7. The largest absolute Gasteiger partial charge is 0.368 e. The Hall–Kier alpha value is -1.85. The summed E-state index contributed by atoms with van der Waals surface area (Å²) in [7, 11) is 0. The third-order valence-corrected chi connectivity index (χ3v) is 3.60. The Kier molecular flexibility index (Phi) is 5.57. The summed E-state index contributed by atoms with van der Waals surface area (Å²) in [4.78, 5) is 20.4. The molecule has 2 rings (SSSR count). The summed E-state index contributed by atoms with van der Waals surface area (Å²) in [5, 5.41) is 6.73. The first-order valence-electron chi connectivity index (χ1n) is 6.75. The molecule has 1 aromatic heterocycles. The van der Waals surface area contributed by atoms with Gasteiger partial charge in [-0.3, -0.25) is 4.79 Å². The highest BCUT2D eigenvalue weighted by molar-refractivity contribution is 6.42. The van der Waals surface area contributed by atoms with Crippen LogP contribution in [0.1, 0.15) is 21.9 Å². The molecule has 7 heteroatoms. The van der Waals surface area contributed by atoms with E-state index in [9.17, 15) is 4.79 Å². The monoisotopic (exact) mass is 338 g/mol. The van der Waals surface area contributed by atoms with Gasteiger partial charge in [0.25, 0.3) is 5.91 Å². The molecule has 0 aliphatic heterocycles. The van der Waals surface area contributed by atoms with Crippen LogP contribution in [0.3, 0.4) is 0 Å². The van der Waals surface area contributed by atoms with Gasteiger partial charge >= 0.3 is 0 Å². The lowest BCUT2D eigenvalue weighted by Gasteiger charge is -2.09. The van der Waals surface area contributed by atoms with E-state index >= 15 is 0 Å². The predicted octanol–water partition coefficient (Wildman–Crippen LogP) is 3.24. The number of hydrogen-bond acceptors (Lipinski definition) is 4. The molecule has 22 heavy (non-hydrogen) atoms. The molecule has 0 atom stereocenters. The summed E-state index contributed by atoms with van der Waals surface area (Å²) in [6, 6.07) is 6.63. The number of nitrogens with zero attached hydrogens (tertiary/aromatic N) is 2. The van der Waals surface area contributed by atoms with Gasteiger partial charge in [0.05, 0.1) is 10.0 Å². The van der Waals surface area contributed by atoms with Gasteiger partial charge in [0, 0.05) is 30.4 Å². The maximum atomic E-state index is 12.0. The highest BCUT2D eigenvalue weighted by Gasteiger charge is 2.07. The molecule has 5 nitrogen and oxygen atoms in total. The maximum Gasteiger partial charge on any atom is 0.251 e. The van der Waals surface area contributed by atoms with Gasteiger partial charge in [-0.2, -0.15) is 0 Å². The molecule has 0 saturated carbocycles. The third kappa shape index (κ3) is 4.58. The second-order valence-electron chi connectivity index (χ2n) is 4.75. The summed E-state index contributed by atoms with van der Waals surface area (Å²) in [5.41, 5.74) is 1.37. The first-order chi connectivity index (χ1) is 10.5. The average molecular weight is 339 g/mol. The second kappa shape index (κ2) is 7.42. The fourth-order valence-electron chi connectivity index (χ4n) is 1.91. The smallest absolute Gasteiger partial charge is 0.251 e. The number of carbonyl (C=O) groups is 1. The van der Waals surface area contributed by atoms with Crippen molar-refractivity contribution in [2.45, 2.75) is 13.8 Å². The molecule has 0 saturated heterocycles. The number of halogens is 2. The standard InChI is InChI=1S/C15H16Cl2N4O/c1-9-7-14(21-10(2)20-9)18-5-6-19-15(22)11-3-4-12(16)13(17)8-11/h3-4,7-8H,5-6H2,1-2H3,(H,19,22)(H,18,20,21). The van der Waals surface area contributed by atoms with E-state index in [4.69, 9.17) is 23.2 Å². The Bertz CT molecular complexity index is 671. The van der Waals surface area contributed by atoms with Crippen LogP contribution in [0, 0.1) is 13.8 Å². The van der Waals surface area contributed by atoms with E-state index in [0.29, 0.717) is 34.5 Å². The van der Waals surface area contributed by atoms with Gasteiger partial charge in [0.1, 0.15) is 11.6 Å². The Morgan fingerprint density at radius 3 is 2.55 bits per heavy atom. The molecular formula is C15H16Cl2N4O. The SMILES string of the molecule is Cc1cc(NCCNC(=O)c2ccc(Cl)c(Cl)c2)nc(C)n1. The first kappa shape index (κ1) is 16.5. The number of nitrogens with one attached hydrogen (secondary N) is 2. The van der Waals surface area contributed by atoms with Crippen molar-refractivity contribution in [3.63, 3.8) is 0 Å². The zero-order valence-corrected chi connectivity index (χ0v) is 13.8. The minimum Gasteiger partial charge on any atom is -0.368 e. The van der Waals surface area contributed by atoms with Crippen molar-refractivity contribution in [3.8, 4) is 0 Å². The van der Waals surface area contributed by atoms with Crippen LogP contribution in [0.4, 0.5) is 5.82 Å². The number of benzene rings is 1. The number of rotatable bonds is 5. The molecule has 1 aromatic carbocycles. The molecular weight excluding hydrogens is 323 g/mol. The fraction of sp³-hybridized carbons (Fsp3) is 0.267. The van der Waals surface area contributed by atoms with E-state index in [-0.39, 0.29) is 5.91 Å². The molecule has 0 spiro atoms. The van der Waals surface area contributed by atoms with E-state index in [2.05, 4.69) is 20.6 Å². The van der Waals surface area contributed by atoms with Gasteiger partial charge in [0.15, 0.2) is 0 Å². The van der Waals surface area contributed by atoms with Crippen molar-refractivity contribution in [2.24, 2.45) is 0 Å². The molecule has 0 aliphatic carbocycles. The van der Waals surface area contributed by atoms with Crippen molar-refractivity contribution in [1.82, 2.24) is 15.3 Å². The Morgan fingerprint density at radius 1 is 1.09 bits per heavy atom. The van der Waals surface area contributed by atoms with Crippen molar-refractivity contribution in [2.75, 3.05) is 18.4 Å². The van der Waals surface area contributed by atoms with E-state index in [1.807, 2.05) is 19.9 Å². The van der Waals surface area contributed by atoms with Crippen molar-refractivity contribution in [3.05, 3.63) is 51.4 Å². The lowest BCUT2D eigenvalue weighted by atomic mass is 10.2. The predicted molar refractivity (Wildman–Crippen MR) is 88.8 cm³/mol. The van der Waals surface area contributed by atoms with Crippen LogP contribution in [0.25, 0.3) is 0 Å². The van der Waals surface area contributed by atoms with Crippen LogP contribution >= 0.6 is 23.2 Å². The van der Waals surface area contributed by atoms with Gasteiger partial charge in [-0.25, -0.2) is 9.97 Å². The van der Waals surface area contributed by atoms with Crippen LogP contribution < -0.4 is 10.6 Å². The fourth-order valence-corrected chi connectivity index (χ4v) is 2.21. The Morgan fingerprint density at radius 2 is 1.86 bits per heavy atom. The first-order valence-corrected chi connectivity index (χ1v) is 7.50. The number of amides is 1. The van der Waals surface area contributed by atoms with Crippen molar-refractivity contribution in [1.29, 1.82) is 0 Å². The Labute approximate surface area is 139 Å².